The van der Waals surface area contributed by atoms with Crippen LogP contribution in [0.25, 0.3) is 60.9 Å². The van der Waals surface area contributed by atoms with E-state index in [1.807, 2.05) is 0 Å². The Morgan fingerprint density at radius 1 is 0.448 bits per heavy atom. The van der Waals surface area contributed by atoms with Gasteiger partial charge in [-0.25, -0.2) is 0 Å². The minimum atomic E-state index is -0.184. The summed E-state index contributed by atoms with van der Waals surface area (Å²) in [7, 11) is 0. The Hall–Kier alpha value is -6.64. The van der Waals surface area contributed by atoms with Crippen molar-refractivity contribution < 1.29 is 0 Å². The lowest BCUT2D eigenvalue weighted by Gasteiger charge is -2.33. The van der Waals surface area contributed by atoms with Gasteiger partial charge in [0.25, 0.3) is 0 Å². The van der Waals surface area contributed by atoms with E-state index < -0.39 is 0 Å². The summed E-state index contributed by atoms with van der Waals surface area (Å²) in [5, 5.41) is 2.52. The first-order valence-electron chi connectivity index (χ1n) is 20.6. The van der Waals surface area contributed by atoms with Gasteiger partial charge in [0.1, 0.15) is 0 Å². The SMILES string of the molecule is Cc1ccc2c(c1)C(C)(C)c1c(N(c3ccc(-c4ccc5c(c4)c4ccccc4n5-c4ccccc4)cc3)c3ccc4c(c3)C(C)(C)c3ccccc3-4)ccc(C)c1-2. The predicted molar refractivity (Wildman–Crippen MR) is 246 cm³/mol. The first kappa shape index (κ1) is 34.6. The minimum absolute atomic E-state index is 0.109. The molecular formula is C56H46N2. The third-order valence-corrected chi connectivity index (χ3v) is 13.3. The van der Waals surface area contributed by atoms with Crippen LogP contribution in [-0.4, -0.2) is 4.57 Å². The number of hydrogen-bond donors (Lipinski definition) is 0. The molecule has 0 saturated heterocycles. The van der Waals surface area contributed by atoms with Crippen LogP contribution in [-0.2, 0) is 10.8 Å². The maximum Gasteiger partial charge on any atom is 0.0541 e. The number of benzene rings is 8. The van der Waals surface area contributed by atoms with Gasteiger partial charge in [-0.15, -0.1) is 0 Å². The number of hydrogen-bond acceptors (Lipinski definition) is 1. The molecule has 0 unspecified atom stereocenters. The maximum atomic E-state index is 2.53. The summed E-state index contributed by atoms with van der Waals surface area (Å²) in [5.41, 5.74) is 22.9. The number of para-hydroxylation sites is 2. The van der Waals surface area contributed by atoms with Crippen molar-refractivity contribution in [1.82, 2.24) is 4.57 Å². The van der Waals surface area contributed by atoms with Gasteiger partial charge < -0.3 is 9.47 Å². The smallest absolute Gasteiger partial charge is 0.0541 e. The van der Waals surface area contributed by atoms with Crippen molar-refractivity contribution in [3.05, 3.63) is 203 Å². The summed E-state index contributed by atoms with van der Waals surface area (Å²) in [6, 6.07) is 63.5. The first-order valence-corrected chi connectivity index (χ1v) is 20.6. The van der Waals surface area contributed by atoms with Gasteiger partial charge in [0.05, 0.1) is 16.7 Å². The maximum absolute atomic E-state index is 2.53. The Morgan fingerprint density at radius 3 is 1.93 bits per heavy atom. The number of aromatic nitrogens is 1. The Labute approximate surface area is 341 Å². The molecule has 0 fully saturated rings. The third kappa shape index (κ3) is 4.91. The fourth-order valence-electron chi connectivity index (χ4n) is 10.5. The lowest BCUT2D eigenvalue weighted by molar-refractivity contribution is 0.658. The van der Waals surface area contributed by atoms with Crippen molar-refractivity contribution >= 4 is 38.9 Å². The number of anilines is 3. The third-order valence-electron chi connectivity index (χ3n) is 13.3. The molecule has 280 valence electrons. The highest BCUT2D eigenvalue weighted by atomic mass is 15.1. The monoisotopic (exact) mass is 746 g/mol. The van der Waals surface area contributed by atoms with E-state index in [0.29, 0.717) is 0 Å². The number of nitrogens with zero attached hydrogens (tertiary/aromatic N) is 2. The average Bonchev–Trinajstić information content (AvgIpc) is 3.79. The molecule has 0 radical (unpaired) electrons. The van der Waals surface area contributed by atoms with Crippen molar-refractivity contribution in [2.24, 2.45) is 0 Å². The second-order valence-corrected chi connectivity index (χ2v) is 17.5. The molecular weight excluding hydrogens is 701 g/mol. The summed E-state index contributed by atoms with van der Waals surface area (Å²) in [5.74, 6) is 0. The second kappa shape index (κ2) is 12.4. The number of rotatable bonds is 5. The van der Waals surface area contributed by atoms with E-state index in [1.54, 1.807) is 0 Å². The predicted octanol–water partition coefficient (Wildman–Crippen LogP) is 15.1. The van der Waals surface area contributed by atoms with Gasteiger partial charge in [0.2, 0.25) is 0 Å². The fraction of sp³-hybridized carbons (Fsp3) is 0.143. The minimum Gasteiger partial charge on any atom is -0.310 e. The van der Waals surface area contributed by atoms with Crippen molar-refractivity contribution in [3.63, 3.8) is 0 Å². The Kier molecular flexibility index (Phi) is 7.41. The van der Waals surface area contributed by atoms with Crippen LogP contribution in [0.2, 0.25) is 0 Å². The fourth-order valence-corrected chi connectivity index (χ4v) is 10.5. The molecule has 2 aliphatic carbocycles. The molecule has 0 aliphatic heterocycles. The van der Waals surface area contributed by atoms with Gasteiger partial charge >= 0.3 is 0 Å². The molecule has 11 rings (SSSR count). The summed E-state index contributed by atoms with van der Waals surface area (Å²) in [4.78, 5) is 2.53. The van der Waals surface area contributed by atoms with Crippen LogP contribution in [0.5, 0.6) is 0 Å². The van der Waals surface area contributed by atoms with Crippen LogP contribution in [0.4, 0.5) is 17.1 Å². The second-order valence-electron chi connectivity index (χ2n) is 17.5. The van der Waals surface area contributed by atoms with Crippen molar-refractivity contribution in [3.8, 4) is 39.1 Å². The molecule has 1 heterocycles. The molecule has 0 N–H and O–H groups in total. The standard InChI is InChI=1S/C56H46N2/c1-35-20-28-45-48(32-35)56(5,6)54-52(30-21-36(2)53(45)54)57(41-27-29-43-42-16-10-12-18-47(42)55(3,4)49(43)34-41)40-25-22-37(23-26-40)38-24-31-51-46(33-38)44-17-11-13-19-50(44)58(51)39-14-8-7-9-15-39/h7-34H,1-6H3. The van der Waals surface area contributed by atoms with Crippen LogP contribution in [0.15, 0.2) is 170 Å². The quantitative estimate of drug-likeness (QED) is 0.170. The van der Waals surface area contributed by atoms with Crippen LogP contribution in [0.3, 0.4) is 0 Å². The van der Waals surface area contributed by atoms with E-state index in [-0.39, 0.29) is 10.8 Å². The van der Waals surface area contributed by atoms with E-state index >= 15 is 0 Å². The number of aryl methyl sites for hydroxylation is 2. The molecule has 0 atom stereocenters. The zero-order valence-electron chi connectivity index (χ0n) is 34.1. The average molecular weight is 747 g/mol. The lowest BCUT2D eigenvalue weighted by atomic mass is 9.80. The summed E-state index contributed by atoms with van der Waals surface area (Å²) in [6.07, 6.45) is 0. The van der Waals surface area contributed by atoms with Gasteiger partial charge in [-0.3, -0.25) is 0 Å². The van der Waals surface area contributed by atoms with Crippen molar-refractivity contribution in [2.45, 2.75) is 52.4 Å². The molecule has 58 heavy (non-hydrogen) atoms. The highest BCUT2D eigenvalue weighted by molar-refractivity contribution is 6.10. The molecule has 1 aromatic heterocycles. The van der Waals surface area contributed by atoms with Gasteiger partial charge in [0.15, 0.2) is 0 Å². The molecule has 9 aromatic rings. The highest BCUT2D eigenvalue weighted by Gasteiger charge is 2.41. The van der Waals surface area contributed by atoms with E-state index in [9.17, 15) is 0 Å². The van der Waals surface area contributed by atoms with Gasteiger partial charge in [-0.1, -0.05) is 142 Å². The van der Waals surface area contributed by atoms with Crippen LogP contribution < -0.4 is 4.90 Å². The van der Waals surface area contributed by atoms with Gasteiger partial charge in [0, 0.05) is 38.7 Å². The zero-order valence-corrected chi connectivity index (χ0v) is 34.1. The van der Waals surface area contributed by atoms with E-state index in [4.69, 9.17) is 0 Å². The Bertz CT molecular complexity index is 3120. The van der Waals surface area contributed by atoms with Crippen LogP contribution in [0.1, 0.15) is 61.1 Å². The van der Waals surface area contributed by atoms with Gasteiger partial charge in [-0.2, -0.15) is 0 Å². The molecule has 2 heteroatoms. The molecule has 8 aromatic carbocycles. The van der Waals surface area contributed by atoms with Gasteiger partial charge in [-0.05, 0) is 136 Å². The first-order chi connectivity index (χ1) is 28.1. The highest BCUT2D eigenvalue weighted by Crippen LogP contribution is 2.57. The van der Waals surface area contributed by atoms with Crippen LogP contribution >= 0.6 is 0 Å². The Morgan fingerprint density at radius 2 is 1.10 bits per heavy atom. The molecule has 2 aliphatic rings. The van der Waals surface area contributed by atoms with E-state index in [1.165, 1.54) is 106 Å². The summed E-state index contributed by atoms with van der Waals surface area (Å²) < 4.78 is 2.38. The van der Waals surface area contributed by atoms with Crippen molar-refractivity contribution in [1.29, 1.82) is 0 Å². The van der Waals surface area contributed by atoms with Crippen molar-refractivity contribution in [2.75, 3.05) is 4.90 Å². The molecule has 2 nitrogen and oxygen atoms in total. The summed E-state index contributed by atoms with van der Waals surface area (Å²) in [6.45, 7) is 14.1. The molecule has 0 amide bonds. The molecule has 0 spiro atoms. The number of fused-ring (bicyclic) bond motifs is 9. The molecule has 0 bridgehead atoms. The Balaban J connectivity index is 1.08. The summed E-state index contributed by atoms with van der Waals surface area (Å²) >= 11 is 0. The van der Waals surface area contributed by atoms with E-state index in [0.717, 1.165) is 5.69 Å². The van der Waals surface area contributed by atoms with Crippen LogP contribution in [0, 0.1) is 13.8 Å². The lowest BCUT2D eigenvalue weighted by Crippen LogP contribution is -2.21. The normalized spacial score (nSPS) is 14.3. The largest absolute Gasteiger partial charge is 0.310 e. The van der Waals surface area contributed by atoms with E-state index in [2.05, 4.69) is 221 Å². The molecule has 0 saturated carbocycles. The topological polar surface area (TPSA) is 8.17 Å². The zero-order chi connectivity index (χ0) is 39.5.